The molecule has 5 nitrogen and oxygen atoms in total. The zero-order chi connectivity index (χ0) is 22.8. The van der Waals surface area contributed by atoms with Crippen LogP contribution in [0, 0.1) is 0 Å². The number of carbonyl (C=O) groups excluding carboxylic acids is 1. The second-order valence-electron chi connectivity index (χ2n) is 10.1. The van der Waals surface area contributed by atoms with Crippen LogP contribution < -0.4 is 5.32 Å². The minimum Gasteiger partial charge on any atom is -0.361 e. The van der Waals surface area contributed by atoms with Crippen molar-refractivity contribution < 1.29 is 4.79 Å². The number of likely N-dealkylation sites (tertiary alicyclic amines) is 1. The van der Waals surface area contributed by atoms with Gasteiger partial charge in [0.15, 0.2) is 0 Å². The smallest absolute Gasteiger partial charge is 0.317 e. The molecule has 174 valence electrons. The third-order valence-corrected chi connectivity index (χ3v) is 8.15. The summed E-state index contributed by atoms with van der Waals surface area (Å²) >= 11 is 0. The van der Waals surface area contributed by atoms with Crippen LogP contribution in [-0.2, 0) is 5.54 Å². The lowest BCUT2D eigenvalue weighted by atomic mass is 9.74. The summed E-state index contributed by atoms with van der Waals surface area (Å²) in [6.07, 6.45) is 8.39. The van der Waals surface area contributed by atoms with Gasteiger partial charge in [-0.3, -0.25) is 4.90 Å². The van der Waals surface area contributed by atoms with Crippen molar-refractivity contribution in [2.45, 2.75) is 56.0 Å². The number of nitrogens with one attached hydrogen (secondary N) is 2. The van der Waals surface area contributed by atoms with E-state index in [-0.39, 0.29) is 17.6 Å². The molecule has 33 heavy (non-hydrogen) atoms. The summed E-state index contributed by atoms with van der Waals surface area (Å²) in [5.74, 6) is 0.520. The molecule has 2 aromatic carbocycles. The average molecular weight is 445 g/mol. The van der Waals surface area contributed by atoms with Crippen LogP contribution in [0.15, 0.2) is 60.8 Å². The van der Waals surface area contributed by atoms with Gasteiger partial charge in [0.1, 0.15) is 0 Å². The molecular formula is C28H36N4O. The lowest BCUT2D eigenvalue weighted by Gasteiger charge is -2.46. The summed E-state index contributed by atoms with van der Waals surface area (Å²) in [7, 11) is 4.37. The number of hydrogen-bond acceptors (Lipinski definition) is 2. The summed E-state index contributed by atoms with van der Waals surface area (Å²) in [4.78, 5) is 20.8. The van der Waals surface area contributed by atoms with Gasteiger partial charge in [-0.2, -0.15) is 0 Å². The number of H-pyrrole nitrogens is 1. The number of fused-ring (bicyclic) bond motifs is 1. The van der Waals surface area contributed by atoms with E-state index in [1.54, 1.807) is 0 Å². The van der Waals surface area contributed by atoms with Crippen molar-refractivity contribution in [2.75, 3.05) is 27.2 Å². The first kappa shape index (κ1) is 22.0. The lowest BCUT2D eigenvalue weighted by molar-refractivity contribution is 0.0849. The predicted octanol–water partition coefficient (Wildman–Crippen LogP) is 5.46. The lowest BCUT2D eigenvalue weighted by Crippen LogP contribution is -2.52. The largest absolute Gasteiger partial charge is 0.361 e. The highest BCUT2D eigenvalue weighted by Crippen LogP contribution is 2.41. The van der Waals surface area contributed by atoms with E-state index in [2.05, 4.69) is 90.1 Å². The minimum atomic E-state index is 0.0696. The Morgan fingerprint density at radius 1 is 0.970 bits per heavy atom. The SMILES string of the molecule is CN(C)C1(c2ccccc2)CCC(NC(=O)N2CCC(c3c[nH]c4ccccc34)CC2)CC1. The number of aromatic nitrogens is 1. The number of carbonyl (C=O) groups is 1. The van der Waals surface area contributed by atoms with Gasteiger partial charge in [0.05, 0.1) is 0 Å². The van der Waals surface area contributed by atoms with Crippen molar-refractivity contribution in [3.8, 4) is 0 Å². The second kappa shape index (κ2) is 9.22. The van der Waals surface area contributed by atoms with Gasteiger partial charge in [-0.05, 0) is 75.7 Å². The summed E-state index contributed by atoms with van der Waals surface area (Å²) in [5.41, 5.74) is 4.06. The molecule has 1 aromatic heterocycles. The summed E-state index contributed by atoms with van der Waals surface area (Å²) < 4.78 is 0. The van der Waals surface area contributed by atoms with Crippen molar-refractivity contribution in [2.24, 2.45) is 0 Å². The third-order valence-electron chi connectivity index (χ3n) is 8.15. The molecule has 2 heterocycles. The number of amides is 2. The fraction of sp³-hybridized carbons (Fsp3) is 0.464. The fourth-order valence-corrected chi connectivity index (χ4v) is 6.07. The summed E-state index contributed by atoms with van der Waals surface area (Å²) in [6.45, 7) is 1.66. The normalized spacial score (nSPS) is 24.3. The molecule has 0 unspecified atom stereocenters. The number of piperidine rings is 1. The number of urea groups is 1. The van der Waals surface area contributed by atoms with Gasteiger partial charge in [-0.25, -0.2) is 4.79 Å². The van der Waals surface area contributed by atoms with Crippen LogP contribution in [0.2, 0.25) is 0 Å². The molecule has 2 N–H and O–H groups in total. The number of aromatic amines is 1. The van der Waals surface area contributed by atoms with Crippen molar-refractivity contribution in [3.05, 3.63) is 71.9 Å². The number of para-hydroxylation sites is 1. The fourth-order valence-electron chi connectivity index (χ4n) is 6.07. The Morgan fingerprint density at radius 3 is 2.33 bits per heavy atom. The van der Waals surface area contributed by atoms with Crippen LogP contribution >= 0.6 is 0 Å². The summed E-state index contributed by atoms with van der Waals surface area (Å²) in [5, 5.41) is 4.68. The highest BCUT2D eigenvalue weighted by Gasteiger charge is 2.39. The number of nitrogens with zero attached hydrogens (tertiary/aromatic N) is 2. The van der Waals surface area contributed by atoms with Crippen LogP contribution in [0.5, 0.6) is 0 Å². The van der Waals surface area contributed by atoms with E-state index in [1.165, 1.54) is 22.0 Å². The van der Waals surface area contributed by atoms with Crippen molar-refractivity contribution in [3.63, 3.8) is 0 Å². The highest BCUT2D eigenvalue weighted by molar-refractivity contribution is 5.83. The van der Waals surface area contributed by atoms with E-state index in [4.69, 9.17) is 0 Å². The van der Waals surface area contributed by atoms with Crippen molar-refractivity contribution in [1.29, 1.82) is 0 Å². The molecule has 2 aliphatic rings. The molecule has 3 aromatic rings. The Hall–Kier alpha value is -2.79. The highest BCUT2D eigenvalue weighted by atomic mass is 16.2. The van der Waals surface area contributed by atoms with Crippen LogP contribution in [0.3, 0.4) is 0 Å². The minimum absolute atomic E-state index is 0.0696. The zero-order valence-corrected chi connectivity index (χ0v) is 19.9. The Bertz CT molecular complexity index is 1070. The van der Waals surface area contributed by atoms with E-state index in [0.717, 1.165) is 51.6 Å². The maximum Gasteiger partial charge on any atom is 0.317 e. The van der Waals surface area contributed by atoms with Gasteiger partial charge in [0.2, 0.25) is 0 Å². The molecule has 5 heteroatoms. The molecule has 1 saturated carbocycles. The standard InChI is InChI=1S/C28H36N4O/c1-31(2)28(22-8-4-3-5-9-22)16-12-23(13-17-28)30-27(33)32-18-14-21(15-19-32)25-20-29-26-11-7-6-10-24(25)26/h3-11,20-21,23,29H,12-19H2,1-2H3,(H,30,33). The quantitative estimate of drug-likeness (QED) is 0.562. The molecule has 2 amide bonds. The molecule has 2 fully saturated rings. The average Bonchev–Trinajstić information content (AvgIpc) is 3.29. The van der Waals surface area contributed by atoms with Crippen LogP contribution in [-0.4, -0.2) is 54.0 Å². The van der Waals surface area contributed by atoms with Crippen molar-refractivity contribution in [1.82, 2.24) is 20.1 Å². The van der Waals surface area contributed by atoms with E-state index < -0.39 is 0 Å². The van der Waals surface area contributed by atoms with E-state index in [1.807, 2.05) is 4.90 Å². The zero-order valence-electron chi connectivity index (χ0n) is 19.9. The summed E-state index contributed by atoms with van der Waals surface area (Å²) in [6, 6.07) is 19.7. The maximum atomic E-state index is 13.0. The molecular weight excluding hydrogens is 408 g/mol. The Morgan fingerprint density at radius 2 is 1.64 bits per heavy atom. The van der Waals surface area contributed by atoms with Gasteiger partial charge in [0, 0.05) is 41.8 Å². The van der Waals surface area contributed by atoms with Crippen LogP contribution in [0.4, 0.5) is 4.79 Å². The van der Waals surface area contributed by atoms with Crippen molar-refractivity contribution >= 4 is 16.9 Å². The van der Waals surface area contributed by atoms with Gasteiger partial charge in [-0.1, -0.05) is 48.5 Å². The molecule has 1 aliphatic heterocycles. The second-order valence-corrected chi connectivity index (χ2v) is 10.1. The Labute approximate surface area is 197 Å². The monoisotopic (exact) mass is 444 g/mol. The number of hydrogen-bond donors (Lipinski definition) is 2. The molecule has 0 atom stereocenters. The Kier molecular flexibility index (Phi) is 6.15. The topological polar surface area (TPSA) is 51.4 Å². The maximum absolute atomic E-state index is 13.0. The molecule has 5 rings (SSSR count). The number of benzene rings is 2. The van der Waals surface area contributed by atoms with Gasteiger partial charge in [-0.15, -0.1) is 0 Å². The first-order chi connectivity index (χ1) is 16.1. The van der Waals surface area contributed by atoms with E-state index in [0.29, 0.717) is 5.92 Å². The third kappa shape index (κ3) is 4.26. The molecule has 0 bridgehead atoms. The first-order valence-electron chi connectivity index (χ1n) is 12.4. The molecule has 0 radical (unpaired) electrons. The Balaban J connectivity index is 1.15. The van der Waals surface area contributed by atoms with Gasteiger partial charge < -0.3 is 15.2 Å². The van der Waals surface area contributed by atoms with Gasteiger partial charge in [0.25, 0.3) is 0 Å². The molecule has 1 saturated heterocycles. The molecule has 0 spiro atoms. The van der Waals surface area contributed by atoms with Crippen LogP contribution in [0.25, 0.3) is 10.9 Å². The van der Waals surface area contributed by atoms with Gasteiger partial charge >= 0.3 is 6.03 Å². The first-order valence-corrected chi connectivity index (χ1v) is 12.4. The van der Waals surface area contributed by atoms with E-state index >= 15 is 0 Å². The molecule has 1 aliphatic carbocycles. The van der Waals surface area contributed by atoms with Crippen LogP contribution in [0.1, 0.15) is 55.6 Å². The number of rotatable bonds is 4. The predicted molar refractivity (Wildman–Crippen MR) is 134 cm³/mol. The van der Waals surface area contributed by atoms with E-state index in [9.17, 15) is 4.79 Å².